The maximum absolute atomic E-state index is 5.24. The van der Waals surface area contributed by atoms with Gasteiger partial charge in [0, 0.05) is 10.9 Å². The topological polar surface area (TPSA) is 9.23 Å². The van der Waals surface area contributed by atoms with Gasteiger partial charge in [-0.1, -0.05) is 34.1 Å². The Morgan fingerprint density at radius 3 is 2.77 bits per heavy atom. The molecule has 0 unspecified atom stereocenters. The van der Waals surface area contributed by atoms with Crippen LogP contribution >= 0.6 is 15.9 Å². The molecule has 0 bridgehead atoms. The van der Waals surface area contributed by atoms with Gasteiger partial charge in [-0.25, -0.2) is 0 Å². The van der Waals surface area contributed by atoms with Crippen molar-refractivity contribution in [2.45, 2.75) is 6.92 Å². The van der Waals surface area contributed by atoms with E-state index in [0.717, 1.165) is 22.2 Å². The molecule has 0 saturated carbocycles. The van der Waals surface area contributed by atoms with Gasteiger partial charge in [-0.05, 0) is 24.6 Å². The second-order valence-electron chi connectivity index (χ2n) is 2.94. The maximum Gasteiger partial charge on any atom is 0.126 e. The molecule has 0 N–H and O–H groups in total. The zero-order valence-electron chi connectivity index (χ0n) is 7.93. The van der Waals surface area contributed by atoms with Crippen molar-refractivity contribution in [1.29, 1.82) is 0 Å². The third-order valence-electron chi connectivity index (χ3n) is 1.90. The van der Waals surface area contributed by atoms with Gasteiger partial charge in [-0.3, -0.25) is 0 Å². The molecule has 2 heteroatoms. The number of benzene rings is 1. The molecule has 0 aliphatic carbocycles. The van der Waals surface area contributed by atoms with Crippen molar-refractivity contribution in [3.8, 4) is 5.75 Å². The van der Waals surface area contributed by atoms with Crippen LogP contribution in [0.1, 0.15) is 11.1 Å². The number of alkyl halides is 1. The van der Waals surface area contributed by atoms with Crippen LogP contribution in [0.5, 0.6) is 5.75 Å². The predicted molar refractivity (Wildman–Crippen MR) is 60.6 cm³/mol. The van der Waals surface area contributed by atoms with Gasteiger partial charge >= 0.3 is 0 Å². The normalized spacial score (nSPS) is 9.77. The van der Waals surface area contributed by atoms with Crippen LogP contribution in [0.3, 0.4) is 0 Å². The molecule has 13 heavy (non-hydrogen) atoms. The summed E-state index contributed by atoms with van der Waals surface area (Å²) in [6.45, 7) is 6.03. The van der Waals surface area contributed by atoms with Crippen LogP contribution in [0.25, 0.3) is 5.57 Å². The van der Waals surface area contributed by atoms with Crippen LogP contribution in [-0.4, -0.2) is 12.4 Å². The largest absolute Gasteiger partial charge is 0.496 e. The molecule has 0 aliphatic rings. The number of rotatable bonds is 3. The summed E-state index contributed by atoms with van der Waals surface area (Å²) >= 11 is 3.38. The molecular formula is C11H13BrO. The lowest BCUT2D eigenvalue weighted by Crippen LogP contribution is -1.92. The molecule has 1 aromatic carbocycles. The molecule has 1 aromatic rings. The Kier molecular flexibility index (Phi) is 3.55. The van der Waals surface area contributed by atoms with E-state index in [1.807, 2.05) is 12.1 Å². The molecule has 0 atom stereocenters. The zero-order chi connectivity index (χ0) is 9.84. The van der Waals surface area contributed by atoms with Crippen molar-refractivity contribution in [2.75, 3.05) is 12.4 Å². The fraction of sp³-hybridized carbons (Fsp3) is 0.273. The first-order valence-electron chi connectivity index (χ1n) is 4.07. The molecule has 0 saturated heterocycles. The molecule has 0 radical (unpaired) electrons. The molecule has 0 fully saturated rings. The average molecular weight is 241 g/mol. The molecule has 0 aliphatic heterocycles. The Balaban J connectivity index is 3.15. The van der Waals surface area contributed by atoms with Gasteiger partial charge in [0.15, 0.2) is 0 Å². The first kappa shape index (κ1) is 10.3. The lowest BCUT2D eigenvalue weighted by atomic mass is 10.1. The summed E-state index contributed by atoms with van der Waals surface area (Å²) in [6.07, 6.45) is 0. The first-order valence-corrected chi connectivity index (χ1v) is 5.20. The molecule has 0 aromatic heterocycles. The highest BCUT2D eigenvalue weighted by Gasteiger charge is 2.05. The van der Waals surface area contributed by atoms with E-state index in [0.29, 0.717) is 0 Å². The van der Waals surface area contributed by atoms with E-state index in [2.05, 4.69) is 35.5 Å². The highest BCUT2D eigenvalue weighted by atomic mass is 79.9. The Labute approximate surface area is 87.5 Å². The molecule has 0 heterocycles. The van der Waals surface area contributed by atoms with E-state index in [-0.39, 0.29) is 0 Å². The third kappa shape index (κ3) is 2.34. The monoisotopic (exact) mass is 240 g/mol. The molecular weight excluding hydrogens is 228 g/mol. The second kappa shape index (κ2) is 4.47. The fourth-order valence-electron chi connectivity index (χ4n) is 1.17. The van der Waals surface area contributed by atoms with Crippen molar-refractivity contribution in [3.05, 3.63) is 35.9 Å². The first-order chi connectivity index (χ1) is 6.19. The summed E-state index contributed by atoms with van der Waals surface area (Å²) in [5, 5.41) is 0.771. The van der Waals surface area contributed by atoms with Gasteiger partial charge in [0.25, 0.3) is 0 Å². The molecule has 1 nitrogen and oxygen atoms in total. The van der Waals surface area contributed by atoms with Crippen molar-refractivity contribution in [1.82, 2.24) is 0 Å². The minimum Gasteiger partial charge on any atom is -0.496 e. The minimum atomic E-state index is 0.771. The highest BCUT2D eigenvalue weighted by Crippen LogP contribution is 2.26. The van der Waals surface area contributed by atoms with Crippen LogP contribution in [0.2, 0.25) is 0 Å². The summed E-state index contributed by atoms with van der Waals surface area (Å²) in [4.78, 5) is 0. The Morgan fingerprint density at radius 1 is 1.54 bits per heavy atom. The number of hydrogen-bond donors (Lipinski definition) is 0. The lowest BCUT2D eigenvalue weighted by Gasteiger charge is -2.09. The lowest BCUT2D eigenvalue weighted by molar-refractivity contribution is 0.413. The highest BCUT2D eigenvalue weighted by molar-refractivity contribution is 9.09. The van der Waals surface area contributed by atoms with E-state index in [1.165, 1.54) is 5.56 Å². The van der Waals surface area contributed by atoms with Gasteiger partial charge in [-0.15, -0.1) is 0 Å². The maximum atomic E-state index is 5.24. The third-order valence-corrected chi connectivity index (χ3v) is 2.57. The summed E-state index contributed by atoms with van der Waals surface area (Å²) in [5.41, 5.74) is 3.35. The van der Waals surface area contributed by atoms with Crippen LogP contribution in [-0.2, 0) is 0 Å². The number of methoxy groups -OCH3 is 1. The Morgan fingerprint density at radius 2 is 2.23 bits per heavy atom. The van der Waals surface area contributed by atoms with Crippen LogP contribution in [0, 0.1) is 6.92 Å². The number of aryl methyl sites for hydroxylation is 1. The minimum absolute atomic E-state index is 0.771. The van der Waals surface area contributed by atoms with Gasteiger partial charge in [-0.2, -0.15) is 0 Å². The Hall–Kier alpha value is -0.760. The summed E-state index contributed by atoms with van der Waals surface area (Å²) < 4.78 is 5.24. The number of allylic oxidation sites excluding steroid dienone is 1. The van der Waals surface area contributed by atoms with Crippen molar-refractivity contribution >= 4 is 21.5 Å². The van der Waals surface area contributed by atoms with E-state index in [9.17, 15) is 0 Å². The van der Waals surface area contributed by atoms with E-state index < -0.39 is 0 Å². The van der Waals surface area contributed by atoms with Gasteiger partial charge in [0.2, 0.25) is 0 Å². The van der Waals surface area contributed by atoms with Gasteiger partial charge in [0.1, 0.15) is 5.75 Å². The van der Waals surface area contributed by atoms with Crippen LogP contribution < -0.4 is 4.74 Å². The molecule has 0 amide bonds. The van der Waals surface area contributed by atoms with Gasteiger partial charge < -0.3 is 4.74 Å². The zero-order valence-corrected chi connectivity index (χ0v) is 9.52. The second-order valence-corrected chi connectivity index (χ2v) is 3.50. The molecule has 70 valence electrons. The van der Waals surface area contributed by atoms with E-state index >= 15 is 0 Å². The molecule has 1 rings (SSSR count). The van der Waals surface area contributed by atoms with Crippen molar-refractivity contribution in [2.24, 2.45) is 0 Å². The van der Waals surface area contributed by atoms with E-state index in [4.69, 9.17) is 4.74 Å². The Bertz CT molecular complexity index is 318. The average Bonchev–Trinajstić information content (AvgIpc) is 2.16. The van der Waals surface area contributed by atoms with Crippen molar-refractivity contribution in [3.63, 3.8) is 0 Å². The quantitative estimate of drug-likeness (QED) is 0.737. The summed E-state index contributed by atoms with van der Waals surface area (Å²) in [6, 6.07) is 6.09. The SMILES string of the molecule is C=C(CBr)c1cc(C)ccc1OC. The number of halogens is 1. The number of hydrogen-bond acceptors (Lipinski definition) is 1. The molecule has 0 spiro atoms. The van der Waals surface area contributed by atoms with Crippen LogP contribution in [0.4, 0.5) is 0 Å². The fourth-order valence-corrected chi connectivity index (χ4v) is 1.47. The number of ether oxygens (including phenoxy) is 1. The standard InChI is InChI=1S/C11H13BrO/c1-8-4-5-11(13-3)10(6-8)9(2)7-12/h4-6H,2,7H2,1,3H3. The van der Waals surface area contributed by atoms with Gasteiger partial charge in [0.05, 0.1) is 7.11 Å². The van der Waals surface area contributed by atoms with Crippen molar-refractivity contribution < 1.29 is 4.74 Å². The van der Waals surface area contributed by atoms with Crippen LogP contribution in [0.15, 0.2) is 24.8 Å². The van der Waals surface area contributed by atoms with E-state index in [1.54, 1.807) is 7.11 Å². The summed E-state index contributed by atoms with van der Waals surface area (Å²) in [7, 11) is 1.68. The predicted octanol–water partition coefficient (Wildman–Crippen LogP) is 3.41. The smallest absolute Gasteiger partial charge is 0.126 e. The summed E-state index contributed by atoms with van der Waals surface area (Å²) in [5.74, 6) is 0.884.